The van der Waals surface area contributed by atoms with E-state index < -0.39 is 0 Å². The van der Waals surface area contributed by atoms with E-state index in [1.807, 2.05) is 36.5 Å². The van der Waals surface area contributed by atoms with Gasteiger partial charge in [0, 0.05) is 25.5 Å². The highest BCUT2D eigenvalue weighted by Gasteiger charge is 2.16. The molecule has 1 atom stereocenters. The number of aromatic nitrogens is 2. The van der Waals surface area contributed by atoms with Gasteiger partial charge in [-0.05, 0) is 36.6 Å². The summed E-state index contributed by atoms with van der Waals surface area (Å²) in [5.74, 6) is 0.0392. The standard InChI is InChI=1S/C16H19N3O2/c20-16(17-12-15-3-1-10-21-15)11-13-4-6-14(7-5-13)19-9-2-8-18-19/h2,4-9,15H,1,3,10-12H2,(H,17,20). The molecule has 1 aliphatic heterocycles. The van der Waals surface area contributed by atoms with Gasteiger partial charge < -0.3 is 10.1 Å². The van der Waals surface area contributed by atoms with Crippen molar-refractivity contribution in [1.29, 1.82) is 0 Å². The second kappa shape index (κ2) is 6.54. The lowest BCUT2D eigenvalue weighted by Crippen LogP contribution is -2.32. The van der Waals surface area contributed by atoms with E-state index >= 15 is 0 Å². The zero-order valence-corrected chi connectivity index (χ0v) is 11.9. The number of hydrogen-bond acceptors (Lipinski definition) is 3. The lowest BCUT2D eigenvalue weighted by molar-refractivity contribution is -0.120. The van der Waals surface area contributed by atoms with Gasteiger partial charge in [0.2, 0.25) is 5.91 Å². The Morgan fingerprint density at radius 3 is 2.90 bits per heavy atom. The second-order valence-electron chi connectivity index (χ2n) is 5.23. The molecule has 1 N–H and O–H groups in total. The van der Waals surface area contributed by atoms with Crippen molar-refractivity contribution < 1.29 is 9.53 Å². The third kappa shape index (κ3) is 3.70. The maximum absolute atomic E-state index is 11.9. The van der Waals surface area contributed by atoms with Crippen LogP contribution < -0.4 is 5.32 Å². The summed E-state index contributed by atoms with van der Waals surface area (Å²) in [7, 11) is 0. The molecule has 21 heavy (non-hydrogen) atoms. The van der Waals surface area contributed by atoms with Crippen LogP contribution >= 0.6 is 0 Å². The predicted octanol–water partition coefficient (Wildman–Crippen LogP) is 1.71. The normalized spacial score (nSPS) is 17.8. The third-order valence-corrected chi connectivity index (χ3v) is 3.62. The van der Waals surface area contributed by atoms with Crippen LogP contribution in [-0.4, -0.2) is 34.9 Å². The predicted molar refractivity (Wildman–Crippen MR) is 79.3 cm³/mol. The van der Waals surface area contributed by atoms with E-state index in [1.54, 1.807) is 10.9 Å². The Morgan fingerprint density at radius 2 is 2.24 bits per heavy atom. The molecular formula is C16H19N3O2. The fourth-order valence-electron chi connectivity index (χ4n) is 2.47. The highest BCUT2D eigenvalue weighted by Crippen LogP contribution is 2.11. The van der Waals surface area contributed by atoms with Crippen molar-refractivity contribution in [3.63, 3.8) is 0 Å². The molecule has 0 bridgehead atoms. The van der Waals surface area contributed by atoms with Crippen LogP contribution in [0.2, 0.25) is 0 Å². The molecule has 1 fully saturated rings. The molecule has 1 unspecified atom stereocenters. The Kier molecular flexibility index (Phi) is 4.31. The Bertz CT molecular complexity index is 572. The van der Waals surface area contributed by atoms with Crippen molar-refractivity contribution in [2.24, 2.45) is 0 Å². The second-order valence-corrected chi connectivity index (χ2v) is 5.23. The Balaban J connectivity index is 1.51. The van der Waals surface area contributed by atoms with Crippen LogP contribution in [0, 0.1) is 0 Å². The quantitative estimate of drug-likeness (QED) is 0.910. The summed E-state index contributed by atoms with van der Waals surface area (Å²) in [4.78, 5) is 11.9. The first-order chi connectivity index (χ1) is 10.3. The maximum Gasteiger partial charge on any atom is 0.224 e. The molecular weight excluding hydrogens is 266 g/mol. The van der Waals surface area contributed by atoms with E-state index in [2.05, 4.69) is 10.4 Å². The molecule has 2 aromatic rings. The van der Waals surface area contributed by atoms with Crippen molar-refractivity contribution in [2.45, 2.75) is 25.4 Å². The minimum absolute atomic E-state index is 0.0392. The monoisotopic (exact) mass is 285 g/mol. The molecule has 0 radical (unpaired) electrons. The summed E-state index contributed by atoms with van der Waals surface area (Å²) >= 11 is 0. The first-order valence-electron chi connectivity index (χ1n) is 7.28. The van der Waals surface area contributed by atoms with Crippen molar-refractivity contribution in [1.82, 2.24) is 15.1 Å². The van der Waals surface area contributed by atoms with Crippen LogP contribution in [0.15, 0.2) is 42.7 Å². The molecule has 5 nitrogen and oxygen atoms in total. The highest BCUT2D eigenvalue weighted by molar-refractivity contribution is 5.78. The van der Waals surface area contributed by atoms with Crippen molar-refractivity contribution in [2.75, 3.05) is 13.2 Å². The number of carbonyl (C=O) groups excluding carboxylic acids is 1. The lowest BCUT2D eigenvalue weighted by atomic mass is 10.1. The van der Waals surface area contributed by atoms with Gasteiger partial charge in [-0.3, -0.25) is 4.79 Å². The number of nitrogens with zero attached hydrogens (tertiary/aromatic N) is 2. The van der Waals surface area contributed by atoms with Gasteiger partial charge in [-0.1, -0.05) is 12.1 Å². The van der Waals surface area contributed by atoms with Crippen LogP contribution in [0.5, 0.6) is 0 Å². The smallest absolute Gasteiger partial charge is 0.224 e. The summed E-state index contributed by atoms with van der Waals surface area (Å²) in [6.07, 6.45) is 6.35. The zero-order chi connectivity index (χ0) is 14.5. The average molecular weight is 285 g/mol. The van der Waals surface area contributed by atoms with Gasteiger partial charge in [-0.2, -0.15) is 5.10 Å². The molecule has 1 aromatic carbocycles. The van der Waals surface area contributed by atoms with Crippen molar-refractivity contribution in [3.05, 3.63) is 48.3 Å². The molecule has 3 rings (SSSR count). The van der Waals surface area contributed by atoms with Crippen LogP contribution in [0.3, 0.4) is 0 Å². The number of amides is 1. The van der Waals surface area contributed by atoms with Gasteiger partial charge in [0.05, 0.1) is 18.2 Å². The van der Waals surface area contributed by atoms with Gasteiger partial charge >= 0.3 is 0 Å². The molecule has 1 saturated heterocycles. The molecule has 110 valence electrons. The third-order valence-electron chi connectivity index (χ3n) is 3.62. The molecule has 5 heteroatoms. The molecule has 1 aromatic heterocycles. The minimum atomic E-state index is 0.0392. The molecule has 0 saturated carbocycles. The average Bonchev–Trinajstić information content (AvgIpc) is 3.19. The van der Waals surface area contributed by atoms with E-state index in [9.17, 15) is 4.79 Å². The SMILES string of the molecule is O=C(Cc1ccc(-n2cccn2)cc1)NCC1CCCO1. The van der Waals surface area contributed by atoms with E-state index in [0.29, 0.717) is 13.0 Å². The van der Waals surface area contributed by atoms with Crippen LogP contribution in [0.4, 0.5) is 0 Å². The summed E-state index contributed by atoms with van der Waals surface area (Å²) in [6, 6.07) is 9.74. The van der Waals surface area contributed by atoms with Gasteiger partial charge in [0.25, 0.3) is 0 Å². The van der Waals surface area contributed by atoms with Gasteiger partial charge in [-0.15, -0.1) is 0 Å². The fraction of sp³-hybridized carbons (Fsp3) is 0.375. The van der Waals surface area contributed by atoms with Gasteiger partial charge in [0.15, 0.2) is 0 Å². The molecule has 1 aliphatic rings. The minimum Gasteiger partial charge on any atom is -0.376 e. The Morgan fingerprint density at radius 1 is 1.38 bits per heavy atom. The van der Waals surface area contributed by atoms with Crippen molar-refractivity contribution >= 4 is 5.91 Å². The molecule has 2 heterocycles. The molecule has 0 spiro atoms. The molecule has 0 aliphatic carbocycles. The summed E-state index contributed by atoms with van der Waals surface area (Å²) in [5, 5.41) is 7.11. The van der Waals surface area contributed by atoms with Crippen molar-refractivity contribution in [3.8, 4) is 5.69 Å². The zero-order valence-electron chi connectivity index (χ0n) is 11.9. The van der Waals surface area contributed by atoms with E-state index in [4.69, 9.17) is 4.74 Å². The van der Waals surface area contributed by atoms with Crippen LogP contribution in [-0.2, 0) is 16.0 Å². The van der Waals surface area contributed by atoms with Crippen LogP contribution in [0.25, 0.3) is 5.69 Å². The lowest BCUT2D eigenvalue weighted by Gasteiger charge is -2.11. The largest absolute Gasteiger partial charge is 0.376 e. The number of hydrogen-bond donors (Lipinski definition) is 1. The first kappa shape index (κ1) is 13.8. The van der Waals surface area contributed by atoms with Crippen LogP contribution in [0.1, 0.15) is 18.4 Å². The number of benzene rings is 1. The number of nitrogens with one attached hydrogen (secondary N) is 1. The van der Waals surface area contributed by atoms with E-state index in [1.165, 1.54) is 0 Å². The van der Waals surface area contributed by atoms with E-state index in [0.717, 1.165) is 30.7 Å². The van der Waals surface area contributed by atoms with Gasteiger partial charge in [-0.25, -0.2) is 4.68 Å². The Hall–Kier alpha value is -2.14. The summed E-state index contributed by atoms with van der Waals surface area (Å²) in [5.41, 5.74) is 1.99. The van der Waals surface area contributed by atoms with Gasteiger partial charge in [0.1, 0.15) is 0 Å². The number of rotatable bonds is 5. The summed E-state index contributed by atoms with van der Waals surface area (Å²) in [6.45, 7) is 1.43. The highest BCUT2D eigenvalue weighted by atomic mass is 16.5. The first-order valence-corrected chi connectivity index (χ1v) is 7.28. The topological polar surface area (TPSA) is 56.2 Å². The number of ether oxygens (including phenoxy) is 1. The van der Waals surface area contributed by atoms with E-state index in [-0.39, 0.29) is 12.0 Å². The maximum atomic E-state index is 11.9. The number of carbonyl (C=O) groups is 1. The summed E-state index contributed by atoms with van der Waals surface area (Å²) < 4.78 is 7.28. The fourth-order valence-corrected chi connectivity index (χ4v) is 2.47. The Labute approximate surface area is 123 Å². The molecule has 1 amide bonds.